The van der Waals surface area contributed by atoms with Gasteiger partial charge in [0.1, 0.15) is 6.26 Å². The van der Waals surface area contributed by atoms with Crippen LogP contribution in [0.3, 0.4) is 0 Å². The van der Waals surface area contributed by atoms with Crippen molar-refractivity contribution in [1.82, 2.24) is 10.3 Å². The minimum Gasteiger partial charge on any atom is -0.432 e. The van der Waals surface area contributed by atoms with E-state index in [0.29, 0.717) is 18.7 Å². The molecule has 0 aromatic carbocycles. The molecule has 0 bridgehead atoms. The Labute approximate surface area is 121 Å². The van der Waals surface area contributed by atoms with Crippen molar-refractivity contribution in [2.45, 2.75) is 32.9 Å². The minimum atomic E-state index is 0.432. The first-order valence-corrected chi connectivity index (χ1v) is 7.08. The SMILES string of the molecule is COCCCN(CCOC)c1nc(CNC(C)C)co1. The Morgan fingerprint density at radius 2 is 2.00 bits per heavy atom. The normalized spacial score (nSPS) is 11.2. The van der Waals surface area contributed by atoms with Crippen LogP contribution >= 0.6 is 0 Å². The average Bonchev–Trinajstić information content (AvgIpc) is 2.89. The summed E-state index contributed by atoms with van der Waals surface area (Å²) in [6.07, 6.45) is 2.64. The molecule has 1 N–H and O–H groups in total. The van der Waals surface area contributed by atoms with Gasteiger partial charge in [0.15, 0.2) is 0 Å². The molecule has 6 nitrogen and oxygen atoms in total. The maximum Gasteiger partial charge on any atom is 0.297 e. The van der Waals surface area contributed by atoms with Gasteiger partial charge in [-0.25, -0.2) is 0 Å². The zero-order chi connectivity index (χ0) is 14.8. The van der Waals surface area contributed by atoms with Gasteiger partial charge in [-0.05, 0) is 6.42 Å². The van der Waals surface area contributed by atoms with Crippen molar-refractivity contribution >= 4 is 6.01 Å². The van der Waals surface area contributed by atoms with E-state index in [1.165, 1.54) is 0 Å². The van der Waals surface area contributed by atoms with Gasteiger partial charge < -0.3 is 24.1 Å². The number of hydrogen-bond donors (Lipinski definition) is 1. The summed E-state index contributed by atoms with van der Waals surface area (Å²) in [6, 6.07) is 1.08. The van der Waals surface area contributed by atoms with Crippen LogP contribution in [0.4, 0.5) is 6.01 Å². The fraction of sp³-hybridized carbons (Fsp3) is 0.786. The number of aromatic nitrogens is 1. The molecular weight excluding hydrogens is 258 g/mol. The van der Waals surface area contributed by atoms with Crippen molar-refractivity contribution in [1.29, 1.82) is 0 Å². The lowest BCUT2D eigenvalue weighted by molar-refractivity contribution is 0.190. The van der Waals surface area contributed by atoms with Gasteiger partial charge in [-0.2, -0.15) is 4.98 Å². The summed E-state index contributed by atoms with van der Waals surface area (Å²) < 4.78 is 15.8. The Balaban J connectivity index is 2.55. The molecular formula is C14H27N3O3. The Morgan fingerprint density at radius 1 is 1.25 bits per heavy atom. The molecule has 1 rings (SSSR count). The number of nitrogens with one attached hydrogen (secondary N) is 1. The van der Waals surface area contributed by atoms with E-state index in [-0.39, 0.29) is 0 Å². The summed E-state index contributed by atoms with van der Waals surface area (Å²) in [6.45, 7) is 7.91. The molecule has 0 atom stereocenters. The van der Waals surface area contributed by atoms with Crippen LogP contribution in [0.15, 0.2) is 10.7 Å². The quantitative estimate of drug-likeness (QED) is 0.624. The van der Waals surface area contributed by atoms with Gasteiger partial charge in [-0.15, -0.1) is 0 Å². The van der Waals surface area contributed by atoms with E-state index in [9.17, 15) is 0 Å². The van der Waals surface area contributed by atoms with Crippen LogP contribution in [-0.4, -0.2) is 51.5 Å². The molecule has 0 aliphatic heterocycles. The van der Waals surface area contributed by atoms with Gasteiger partial charge >= 0.3 is 0 Å². The largest absolute Gasteiger partial charge is 0.432 e. The first-order chi connectivity index (χ1) is 9.67. The topological polar surface area (TPSA) is 59.8 Å². The summed E-state index contributed by atoms with van der Waals surface area (Å²) in [5, 5.41) is 3.32. The molecule has 0 saturated heterocycles. The highest BCUT2D eigenvalue weighted by atomic mass is 16.5. The standard InChI is InChI=1S/C14H27N3O3/c1-12(2)15-10-13-11-20-14(16-13)17(7-9-19-4)6-5-8-18-3/h11-12,15H,5-10H2,1-4H3. The molecule has 0 aliphatic carbocycles. The van der Waals surface area contributed by atoms with Crippen LogP contribution in [-0.2, 0) is 16.0 Å². The molecule has 0 amide bonds. The maximum absolute atomic E-state index is 5.57. The summed E-state index contributed by atoms with van der Waals surface area (Å²) in [4.78, 5) is 6.60. The number of ether oxygens (including phenoxy) is 2. The van der Waals surface area contributed by atoms with Crippen LogP contribution in [0.25, 0.3) is 0 Å². The van der Waals surface area contributed by atoms with Gasteiger partial charge in [0, 0.05) is 46.5 Å². The smallest absolute Gasteiger partial charge is 0.297 e. The molecule has 1 heterocycles. The van der Waals surface area contributed by atoms with E-state index >= 15 is 0 Å². The molecule has 0 saturated carbocycles. The average molecular weight is 285 g/mol. The van der Waals surface area contributed by atoms with Crippen LogP contribution in [0.1, 0.15) is 26.0 Å². The highest BCUT2D eigenvalue weighted by molar-refractivity contribution is 5.26. The second kappa shape index (κ2) is 9.74. The Kier molecular flexibility index (Phi) is 8.25. The van der Waals surface area contributed by atoms with E-state index in [4.69, 9.17) is 13.9 Å². The van der Waals surface area contributed by atoms with Crippen molar-refractivity contribution in [2.24, 2.45) is 0 Å². The third-order valence-electron chi connectivity index (χ3n) is 2.84. The van der Waals surface area contributed by atoms with Gasteiger partial charge in [-0.3, -0.25) is 0 Å². The van der Waals surface area contributed by atoms with E-state index in [1.54, 1.807) is 20.5 Å². The summed E-state index contributed by atoms with van der Waals surface area (Å²) >= 11 is 0. The van der Waals surface area contributed by atoms with Gasteiger partial charge in [0.2, 0.25) is 0 Å². The first-order valence-electron chi connectivity index (χ1n) is 7.08. The second-order valence-electron chi connectivity index (χ2n) is 4.98. The van der Waals surface area contributed by atoms with E-state index in [0.717, 1.165) is 38.4 Å². The molecule has 0 aliphatic rings. The Morgan fingerprint density at radius 3 is 2.65 bits per heavy atom. The Hall–Kier alpha value is -1.11. The highest BCUT2D eigenvalue weighted by Crippen LogP contribution is 2.14. The molecule has 1 aromatic heterocycles. The predicted octanol–water partition coefficient (Wildman–Crippen LogP) is 1.66. The number of methoxy groups -OCH3 is 2. The van der Waals surface area contributed by atoms with Crippen molar-refractivity contribution in [3.8, 4) is 0 Å². The molecule has 0 fully saturated rings. The molecule has 20 heavy (non-hydrogen) atoms. The zero-order valence-corrected chi connectivity index (χ0v) is 13.0. The van der Waals surface area contributed by atoms with Crippen LogP contribution in [0.5, 0.6) is 0 Å². The van der Waals surface area contributed by atoms with Crippen molar-refractivity contribution < 1.29 is 13.9 Å². The lowest BCUT2D eigenvalue weighted by Crippen LogP contribution is -2.29. The summed E-state index contributed by atoms with van der Waals surface area (Å²) in [7, 11) is 3.40. The third-order valence-corrected chi connectivity index (χ3v) is 2.84. The molecule has 0 spiro atoms. The van der Waals surface area contributed by atoms with E-state index < -0.39 is 0 Å². The Bertz CT molecular complexity index is 355. The van der Waals surface area contributed by atoms with Crippen LogP contribution in [0.2, 0.25) is 0 Å². The fourth-order valence-corrected chi connectivity index (χ4v) is 1.74. The van der Waals surface area contributed by atoms with Crippen molar-refractivity contribution in [3.63, 3.8) is 0 Å². The lowest BCUT2D eigenvalue weighted by atomic mass is 10.3. The van der Waals surface area contributed by atoms with E-state index in [1.807, 2.05) is 0 Å². The van der Waals surface area contributed by atoms with E-state index in [2.05, 4.69) is 29.0 Å². The maximum atomic E-state index is 5.57. The van der Waals surface area contributed by atoms with Crippen molar-refractivity contribution in [2.75, 3.05) is 45.4 Å². The molecule has 116 valence electrons. The van der Waals surface area contributed by atoms with Crippen LogP contribution < -0.4 is 10.2 Å². The highest BCUT2D eigenvalue weighted by Gasteiger charge is 2.13. The molecule has 0 unspecified atom stereocenters. The number of anilines is 1. The molecule has 1 aromatic rings. The number of oxazole rings is 1. The fourth-order valence-electron chi connectivity index (χ4n) is 1.74. The first kappa shape index (κ1) is 16.9. The molecule has 6 heteroatoms. The van der Waals surface area contributed by atoms with Gasteiger partial charge in [0.25, 0.3) is 6.01 Å². The summed E-state index contributed by atoms with van der Waals surface area (Å²) in [5.74, 6) is 0. The van der Waals surface area contributed by atoms with Gasteiger partial charge in [-0.1, -0.05) is 13.8 Å². The second-order valence-corrected chi connectivity index (χ2v) is 4.98. The van der Waals surface area contributed by atoms with Crippen molar-refractivity contribution in [3.05, 3.63) is 12.0 Å². The van der Waals surface area contributed by atoms with Crippen LogP contribution in [0, 0.1) is 0 Å². The number of rotatable bonds is 11. The number of nitrogens with zero attached hydrogens (tertiary/aromatic N) is 2. The molecule has 0 radical (unpaired) electrons. The minimum absolute atomic E-state index is 0.432. The lowest BCUT2D eigenvalue weighted by Gasteiger charge is -2.19. The zero-order valence-electron chi connectivity index (χ0n) is 13.0. The predicted molar refractivity (Wildman–Crippen MR) is 79.1 cm³/mol. The van der Waals surface area contributed by atoms with Gasteiger partial charge in [0.05, 0.1) is 12.3 Å². The summed E-state index contributed by atoms with van der Waals surface area (Å²) in [5.41, 5.74) is 0.919. The monoisotopic (exact) mass is 285 g/mol. The third kappa shape index (κ3) is 6.36. The number of hydrogen-bond acceptors (Lipinski definition) is 6.